The van der Waals surface area contributed by atoms with Crippen molar-refractivity contribution in [3.8, 4) is 5.75 Å². The molecule has 4 heteroatoms. The smallest absolute Gasteiger partial charge is 0.119 e. The number of methoxy groups -OCH3 is 1. The summed E-state index contributed by atoms with van der Waals surface area (Å²) in [6.45, 7) is 3.47. The normalized spacial score (nSPS) is 12.4. The molecule has 1 rings (SSSR count). The third-order valence-electron chi connectivity index (χ3n) is 2.67. The van der Waals surface area contributed by atoms with Crippen molar-refractivity contribution in [3.05, 3.63) is 29.8 Å². The minimum atomic E-state index is 0.230. The van der Waals surface area contributed by atoms with Gasteiger partial charge in [-0.2, -0.15) is 0 Å². The van der Waals surface area contributed by atoms with Gasteiger partial charge < -0.3 is 9.47 Å². The Bertz CT molecular complexity index is 318. The predicted molar refractivity (Wildman–Crippen MR) is 68.9 cm³/mol. The summed E-state index contributed by atoms with van der Waals surface area (Å²) >= 11 is 0. The van der Waals surface area contributed by atoms with E-state index in [1.807, 2.05) is 25.1 Å². The van der Waals surface area contributed by atoms with E-state index in [1.54, 1.807) is 7.11 Å². The molecular formula is C13H22N2O2. The fraction of sp³-hybridized carbons (Fsp3) is 0.538. The van der Waals surface area contributed by atoms with Crippen molar-refractivity contribution in [2.45, 2.75) is 25.8 Å². The fourth-order valence-electron chi connectivity index (χ4n) is 1.70. The third-order valence-corrected chi connectivity index (χ3v) is 2.67. The predicted octanol–water partition coefficient (Wildman–Crippen LogP) is 1.50. The number of nitrogens with two attached hydrogens (primary N) is 1. The average Bonchev–Trinajstić information content (AvgIpc) is 2.38. The molecule has 0 fully saturated rings. The maximum Gasteiger partial charge on any atom is 0.119 e. The summed E-state index contributed by atoms with van der Waals surface area (Å²) in [6, 6.07) is 8.27. The zero-order chi connectivity index (χ0) is 12.5. The summed E-state index contributed by atoms with van der Waals surface area (Å²) in [7, 11) is 1.67. The molecule has 0 amide bonds. The first-order chi connectivity index (χ1) is 8.30. The third kappa shape index (κ3) is 5.17. The van der Waals surface area contributed by atoms with Gasteiger partial charge in [-0.25, -0.2) is 0 Å². The molecule has 0 spiro atoms. The number of ether oxygens (including phenoxy) is 2. The van der Waals surface area contributed by atoms with Crippen molar-refractivity contribution < 1.29 is 9.47 Å². The monoisotopic (exact) mass is 238 g/mol. The first-order valence-electron chi connectivity index (χ1n) is 5.97. The number of nitrogens with one attached hydrogen (secondary N) is 1. The molecule has 0 bridgehead atoms. The van der Waals surface area contributed by atoms with E-state index >= 15 is 0 Å². The quantitative estimate of drug-likeness (QED) is 0.409. The molecule has 1 unspecified atom stereocenters. The van der Waals surface area contributed by atoms with Crippen LogP contribution >= 0.6 is 0 Å². The second-order valence-corrected chi connectivity index (χ2v) is 3.90. The van der Waals surface area contributed by atoms with Crippen molar-refractivity contribution in [1.82, 2.24) is 5.43 Å². The highest BCUT2D eigenvalue weighted by atomic mass is 16.5. The van der Waals surface area contributed by atoms with Crippen molar-refractivity contribution in [2.75, 3.05) is 20.3 Å². The Morgan fingerprint density at radius 3 is 2.88 bits per heavy atom. The Labute approximate surface area is 103 Å². The van der Waals surface area contributed by atoms with Crippen molar-refractivity contribution in [3.63, 3.8) is 0 Å². The van der Waals surface area contributed by atoms with Crippen LogP contribution in [-0.4, -0.2) is 26.4 Å². The molecule has 4 nitrogen and oxygen atoms in total. The molecule has 1 aromatic rings. The first-order valence-corrected chi connectivity index (χ1v) is 5.97. The van der Waals surface area contributed by atoms with Crippen molar-refractivity contribution >= 4 is 0 Å². The lowest BCUT2D eigenvalue weighted by Crippen LogP contribution is -2.37. The molecule has 17 heavy (non-hydrogen) atoms. The maximum absolute atomic E-state index is 5.54. The Kier molecular flexibility index (Phi) is 6.62. The second-order valence-electron chi connectivity index (χ2n) is 3.90. The largest absolute Gasteiger partial charge is 0.497 e. The zero-order valence-electron chi connectivity index (χ0n) is 10.6. The minimum Gasteiger partial charge on any atom is -0.497 e. The van der Waals surface area contributed by atoms with E-state index in [-0.39, 0.29) is 6.04 Å². The average molecular weight is 238 g/mol. The summed E-state index contributed by atoms with van der Waals surface area (Å²) in [4.78, 5) is 0. The summed E-state index contributed by atoms with van der Waals surface area (Å²) < 4.78 is 10.5. The Balaban J connectivity index is 2.48. The van der Waals surface area contributed by atoms with Gasteiger partial charge in [-0.15, -0.1) is 0 Å². The first kappa shape index (κ1) is 14.0. The number of hydrogen-bond donors (Lipinski definition) is 2. The molecule has 96 valence electrons. The van der Waals surface area contributed by atoms with Crippen LogP contribution in [0.4, 0.5) is 0 Å². The highest BCUT2D eigenvalue weighted by Crippen LogP contribution is 2.14. The van der Waals surface area contributed by atoms with E-state index in [2.05, 4.69) is 11.5 Å². The van der Waals surface area contributed by atoms with Gasteiger partial charge in [0.15, 0.2) is 0 Å². The summed E-state index contributed by atoms with van der Waals surface area (Å²) in [5.74, 6) is 6.41. The van der Waals surface area contributed by atoms with Crippen LogP contribution in [-0.2, 0) is 11.2 Å². The van der Waals surface area contributed by atoms with Gasteiger partial charge in [-0.05, 0) is 37.5 Å². The van der Waals surface area contributed by atoms with Gasteiger partial charge >= 0.3 is 0 Å². The lowest BCUT2D eigenvalue weighted by Gasteiger charge is -2.16. The van der Waals surface area contributed by atoms with E-state index in [0.717, 1.165) is 31.8 Å². The van der Waals surface area contributed by atoms with E-state index in [1.165, 1.54) is 5.56 Å². The molecule has 0 aliphatic heterocycles. The van der Waals surface area contributed by atoms with Crippen molar-refractivity contribution in [1.29, 1.82) is 0 Å². The topological polar surface area (TPSA) is 56.5 Å². The van der Waals surface area contributed by atoms with Crippen LogP contribution in [0.1, 0.15) is 18.9 Å². The summed E-state index contributed by atoms with van der Waals surface area (Å²) in [5.41, 5.74) is 4.04. The number of hydrogen-bond acceptors (Lipinski definition) is 4. The van der Waals surface area contributed by atoms with E-state index in [0.29, 0.717) is 0 Å². The van der Waals surface area contributed by atoms with Crippen LogP contribution in [0, 0.1) is 0 Å². The molecule has 1 aromatic carbocycles. The molecule has 1 atom stereocenters. The number of benzene rings is 1. The van der Waals surface area contributed by atoms with Crippen LogP contribution in [0.25, 0.3) is 0 Å². The molecule has 0 radical (unpaired) electrons. The molecule has 0 saturated heterocycles. The summed E-state index contributed by atoms with van der Waals surface area (Å²) in [6.07, 6.45) is 1.78. The highest BCUT2D eigenvalue weighted by molar-refractivity contribution is 5.28. The number of rotatable bonds is 8. The van der Waals surface area contributed by atoms with E-state index in [9.17, 15) is 0 Å². The lowest BCUT2D eigenvalue weighted by molar-refractivity contribution is 0.136. The Hall–Kier alpha value is -1.10. The zero-order valence-corrected chi connectivity index (χ0v) is 10.6. The van der Waals surface area contributed by atoms with Crippen LogP contribution in [0.2, 0.25) is 0 Å². The van der Waals surface area contributed by atoms with Gasteiger partial charge in [-0.3, -0.25) is 11.3 Å². The van der Waals surface area contributed by atoms with Crippen LogP contribution in [0.5, 0.6) is 5.75 Å². The van der Waals surface area contributed by atoms with Gasteiger partial charge in [0.2, 0.25) is 0 Å². The molecule has 0 aromatic heterocycles. The second kappa shape index (κ2) is 8.06. The maximum atomic E-state index is 5.54. The molecule has 0 saturated carbocycles. The summed E-state index contributed by atoms with van der Waals surface area (Å²) in [5, 5.41) is 0. The fourth-order valence-corrected chi connectivity index (χ4v) is 1.70. The standard InChI is InChI=1S/C13H22N2O2/c1-3-17-8-7-12(15-14)9-11-5-4-6-13(10-11)16-2/h4-6,10,12,15H,3,7-9,14H2,1-2H3. The van der Waals surface area contributed by atoms with Gasteiger partial charge in [-0.1, -0.05) is 12.1 Å². The van der Waals surface area contributed by atoms with Gasteiger partial charge in [0.25, 0.3) is 0 Å². The van der Waals surface area contributed by atoms with Crippen LogP contribution in [0.15, 0.2) is 24.3 Å². The number of hydrazine groups is 1. The van der Waals surface area contributed by atoms with Gasteiger partial charge in [0, 0.05) is 19.3 Å². The van der Waals surface area contributed by atoms with E-state index < -0.39 is 0 Å². The molecular weight excluding hydrogens is 216 g/mol. The van der Waals surface area contributed by atoms with Crippen LogP contribution < -0.4 is 16.0 Å². The Morgan fingerprint density at radius 1 is 1.41 bits per heavy atom. The molecule has 0 aliphatic rings. The van der Waals surface area contributed by atoms with Crippen molar-refractivity contribution in [2.24, 2.45) is 5.84 Å². The van der Waals surface area contributed by atoms with Crippen LogP contribution in [0.3, 0.4) is 0 Å². The molecule has 0 aliphatic carbocycles. The van der Waals surface area contributed by atoms with E-state index in [4.69, 9.17) is 15.3 Å². The minimum absolute atomic E-state index is 0.230. The van der Waals surface area contributed by atoms with Gasteiger partial charge in [0.05, 0.1) is 7.11 Å². The molecule has 3 N–H and O–H groups in total. The van der Waals surface area contributed by atoms with Gasteiger partial charge in [0.1, 0.15) is 5.75 Å². The lowest BCUT2D eigenvalue weighted by atomic mass is 10.0. The SMILES string of the molecule is CCOCCC(Cc1cccc(OC)c1)NN. The molecule has 0 heterocycles. The Morgan fingerprint density at radius 2 is 2.24 bits per heavy atom. The highest BCUT2D eigenvalue weighted by Gasteiger charge is 2.08.